The monoisotopic (exact) mass is 520 g/mol. The number of hydrazine groups is 1. The number of amides is 2. The number of carbonyl (C=O) groups is 5. The number of nitrogens with two attached hydrogens (primary N) is 1. The second kappa shape index (κ2) is 16.8. The predicted molar refractivity (Wildman–Crippen MR) is 121 cm³/mol. The molecule has 1 saturated heterocycles. The lowest BCUT2D eigenvalue weighted by molar-refractivity contribution is -0.279. The Morgan fingerprint density at radius 2 is 1.56 bits per heavy atom. The van der Waals surface area contributed by atoms with Crippen molar-refractivity contribution in [1.29, 1.82) is 0 Å². The van der Waals surface area contributed by atoms with E-state index < -0.39 is 54.5 Å². The van der Waals surface area contributed by atoms with Gasteiger partial charge in [0.2, 0.25) is 11.8 Å². The van der Waals surface area contributed by atoms with Gasteiger partial charge >= 0.3 is 17.9 Å². The van der Waals surface area contributed by atoms with E-state index in [1.807, 2.05) is 0 Å². The lowest BCUT2D eigenvalue weighted by atomic mass is 9.96. The number of carbonyl (C=O) groups excluding carboxylic acids is 5. The molecule has 0 bridgehead atoms. The van der Waals surface area contributed by atoms with Crippen molar-refractivity contribution in [2.45, 2.75) is 64.8 Å². The molecule has 0 aromatic rings. The molecule has 1 aliphatic heterocycles. The summed E-state index contributed by atoms with van der Waals surface area (Å²) in [6.07, 6.45) is -3.99. The molecule has 5 atom stereocenters. The van der Waals surface area contributed by atoms with Crippen LogP contribution >= 0.6 is 0 Å². The van der Waals surface area contributed by atoms with Gasteiger partial charge in [-0.05, 0) is 6.42 Å². The molecular weight excluding hydrogens is 484 g/mol. The Hall–Kier alpha value is -2.85. The molecule has 0 radical (unpaired) electrons. The fourth-order valence-electron chi connectivity index (χ4n) is 3.23. The van der Waals surface area contributed by atoms with E-state index in [1.54, 1.807) is 0 Å². The SMILES string of the molecule is CC(=O)NC1C(OCCOCCCNNC(=O)CN)OC(COC(C)=O)C(OC(C)=O)C1OC(C)=O. The number of ether oxygens (including phenoxy) is 6. The molecule has 0 aliphatic carbocycles. The van der Waals surface area contributed by atoms with Crippen LogP contribution in [0.5, 0.6) is 0 Å². The third-order valence-electron chi connectivity index (χ3n) is 4.58. The van der Waals surface area contributed by atoms with Crippen molar-refractivity contribution < 1.29 is 52.4 Å². The zero-order chi connectivity index (χ0) is 27.1. The van der Waals surface area contributed by atoms with Gasteiger partial charge in [-0.1, -0.05) is 0 Å². The fraction of sp³-hybridized carbons (Fsp3) is 0.762. The van der Waals surface area contributed by atoms with Crippen LogP contribution in [0.4, 0.5) is 0 Å². The third-order valence-corrected chi connectivity index (χ3v) is 4.58. The Bertz CT molecular complexity index is 751. The first-order valence-corrected chi connectivity index (χ1v) is 11.4. The van der Waals surface area contributed by atoms with E-state index in [0.717, 1.165) is 13.8 Å². The maximum Gasteiger partial charge on any atom is 0.303 e. The van der Waals surface area contributed by atoms with E-state index in [9.17, 15) is 24.0 Å². The predicted octanol–water partition coefficient (Wildman–Crippen LogP) is -2.35. The summed E-state index contributed by atoms with van der Waals surface area (Å²) in [5.74, 6) is -2.80. The summed E-state index contributed by atoms with van der Waals surface area (Å²) in [6, 6.07) is -1.04. The lowest BCUT2D eigenvalue weighted by Gasteiger charge is -2.44. The molecule has 1 fully saturated rings. The number of hydrogen-bond acceptors (Lipinski definition) is 13. The second-order valence-electron chi connectivity index (χ2n) is 7.74. The average molecular weight is 521 g/mol. The molecule has 0 spiro atoms. The van der Waals surface area contributed by atoms with Crippen LogP contribution in [0, 0.1) is 0 Å². The highest BCUT2D eigenvalue weighted by Gasteiger charge is 2.51. The Kier molecular flexibility index (Phi) is 14.5. The Morgan fingerprint density at radius 1 is 0.889 bits per heavy atom. The zero-order valence-corrected chi connectivity index (χ0v) is 20.9. The molecule has 15 heteroatoms. The molecule has 1 aliphatic rings. The second-order valence-corrected chi connectivity index (χ2v) is 7.74. The largest absolute Gasteiger partial charge is 0.463 e. The van der Waals surface area contributed by atoms with Crippen LogP contribution in [-0.2, 0) is 52.4 Å². The summed E-state index contributed by atoms with van der Waals surface area (Å²) in [7, 11) is 0. The molecule has 0 aromatic carbocycles. The van der Waals surface area contributed by atoms with Crippen molar-refractivity contribution in [2.75, 3.05) is 39.5 Å². The molecular formula is C21H36N4O11. The van der Waals surface area contributed by atoms with Crippen molar-refractivity contribution in [3.63, 3.8) is 0 Å². The molecule has 206 valence electrons. The lowest BCUT2D eigenvalue weighted by Crippen LogP contribution is -2.66. The van der Waals surface area contributed by atoms with Crippen LogP contribution in [0.25, 0.3) is 0 Å². The smallest absolute Gasteiger partial charge is 0.303 e. The van der Waals surface area contributed by atoms with Crippen molar-refractivity contribution in [3.8, 4) is 0 Å². The summed E-state index contributed by atoms with van der Waals surface area (Å²) in [5, 5.41) is 2.61. The highest BCUT2D eigenvalue weighted by atomic mass is 16.7. The first kappa shape index (κ1) is 31.2. The van der Waals surface area contributed by atoms with Crippen molar-refractivity contribution >= 4 is 29.7 Å². The molecule has 5 unspecified atom stereocenters. The van der Waals surface area contributed by atoms with Gasteiger partial charge in [0, 0.05) is 40.8 Å². The molecule has 1 heterocycles. The minimum absolute atomic E-state index is 0.0311. The number of hydrogen-bond donors (Lipinski definition) is 4. The van der Waals surface area contributed by atoms with Crippen molar-refractivity contribution in [1.82, 2.24) is 16.2 Å². The van der Waals surface area contributed by atoms with Crippen LogP contribution in [0.3, 0.4) is 0 Å². The zero-order valence-electron chi connectivity index (χ0n) is 20.9. The van der Waals surface area contributed by atoms with E-state index in [1.165, 1.54) is 13.8 Å². The maximum absolute atomic E-state index is 11.9. The van der Waals surface area contributed by atoms with E-state index in [0.29, 0.717) is 19.6 Å². The first-order chi connectivity index (χ1) is 17.0. The minimum atomic E-state index is -1.19. The highest BCUT2D eigenvalue weighted by molar-refractivity contribution is 5.77. The Morgan fingerprint density at radius 3 is 2.14 bits per heavy atom. The molecule has 5 N–H and O–H groups in total. The van der Waals surface area contributed by atoms with Gasteiger partial charge < -0.3 is 39.5 Å². The normalized spacial score (nSPS) is 23.3. The summed E-state index contributed by atoms with van der Waals surface area (Å²) in [4.78, 5) is 57.8. The van der Waals surface area contributed by atoms with E-state index in [-0.39, 0.29) is 32.3 Å². The fourth-order valence-corrected chi connectivity index (χ4v) is 3.23. The summed E-state index contributed by atoms with van der Waals surface area (Å²) in [5.41, 5.74) is 10.3. The minimum Gasteiger partial charge on any atom is -0.463 e. The van der Waals surface area contributed by atoms with Crippen LogP contribution in [0.15, 0.2) is 0 Å². The Labute approximate surface area is 208 Å². The maximum atomic E-state index is 11.9. The molecule has 2 amide bonds. The quantitative estimate of drug-likeness (QED) is 0.0774. The number of rotatable bonds is 15. The van der Waals surface area contributed by atoms with Gasteiger partial charge in [-0.2, -0.15) is 0 Å². The van der Waals surface area contributed by atoms with Gasteiger partial charge in [-0.25, -0.2) is 5.43 Å². The van der Waals surface area contributed by atoms with Gasteiger partial charge in [0.1, 0.15) is 18.8 Å². The highest BCUT2D eigenvalue weighted by Crippen LogP contribution is 2.28. The van der Waals surface area contributed by atoms with Crippen molar-refractivity contribution in [3.05, 3.63) is 0 Å². The van der Waals surface area contributed by atoms with Gasteiger partial charge in [0.25, 0.3) is 0 Å². The van der Waals surface area contributed by atoms with Crippen LogP contribution in [0.2, 0.25) is 0 Å². The number of esters is 3. The number of nitrogens with one attached hydrogen (secondary N) is 3. The van der Waals surface area contributed by atoms with Crippen molar-refractivity contribution in [2.24, 2.45) is 5.73 Å². The van der Waals surface area contributed by atoms with Gasteiger partial charge in [-0.3, -0.25) is 29.4 Å². The van der Waals surface area contributed by atoms with E-state index >= 15 is 0 Å². The van der Waals surface area contributed by atoms with E-state index in [2.05, 4.69) is 16.2 Å². The summed E-state index contributed by atoms with van der Waals surface area (Å²) in [6.45, 7) is 5.33. The molecule has 0 aromatic heterocycles. The van der Waals surface area contributed by atoms with Crippen LogP contribution in [-0.4, -0.2) is 99.9 Å². The molecule has 15 nitrogen and oxygen atoms in total. The standard InChI is InChI=1S/C21H36N4O11/c1-12(26)24-18-20(35-15(4)29)19(34-14(3)28)16(11-33-13(2)27)36-21(18)32-9-8-31-7-5-6-23-25-17(30)10-22/h16,18-21,23H,5-11,22H2,1-4H3,(H,24,26)(H,25,30). The van der Waals surface area contributed by atoms with Gasteiger partial charge in [-0.15, -0.1) is 0 Å². The summed E-state index contributed by atoms with van der Waals surface area (Å²) < 4.78 is 32.8. The van der Waals surface area contributed by atoms with Gasteiger partial charge in [0.15, 0.2) is 18.5 Å². The third kappa shape index (κ3) is 12.2. The van der Waals surface area contributed by atoms with Crippen LogP contribution < -0.4 is 21.9 Å². The summed E-state index contributed by atoms with van der Waals surface area (Å²) >= 11 is 0. The Balaban J connectivity index is 2.80. The molecule has 0 saturated carbocycles. The van der Waals surface area contributed by atoms with E-state index in [4.69, 9.17) is 34.2 Å². The first-order valence-electron chi connectivity index (χ1n) is 11.4. The molecule has 1 rings (SSSR count). The van der Waals surface area contributed by atoms with Crippen LogP contribution in [0.1, 0.15) is 34.1 Å². The average Bonchev–Trinajstić information content (AvgIpc) is 2.79. The topological polar surface area (TPSA) is 203 Å². The molecule has 36 heavy (non-hydrogen) atoms. The van der Waals surface area contributed by atoms with Gasteiger partial charge in [0.05, 0.1) is 19.8 Å².